The first kappa shape index (κ1) is 20.9. The van der Waals surface area contributed by atoms with Gasteiger partial charge in [0.05, 0.1) is 5.69 Å². The Morgan fingerprint density at radius 3 is 2.62 bits per heavy atom. The average Bonchev–Trinajstić information content (AvgIpc) is 3.12. The van der Waals surface area contributed by atoms with Crippen molar-refractivity contribution in [3.63, 3.8) is 0 Å². The van der Waals surface area contributed by atoms with Crippen molar-refractivity contribution in [3.8, 4) is 11.3 Å². The number of unbranched alkanes of at least 4 members (excludes halogenated alkanes) is 2. The molecule has 4 nitrogen and oxygen atoms in total. The van der Waals surface area contributed by atoms with Crippen molar-refractivity contribution in [2.24, 2.45) is 5.92 Å². The summed E-state index contributed by atoms with van der Waals surface area (Å²) in [5, 5.41) is 11.1. The third kappa shape index (κ3) is 6.75. The van der Waals surface area contributed by atoms with E-state index in [1.54, 1.807) is 0 Å². The van der Waals surface area contributed by atoms with Crippen molar-refractivity contribution in [1.82, 2.24) is 20.4 Å². The van der Waals surface area contributed by atoms with Gasteiger partial charge in [0.25, 0.3) is 0 Å². The van der Waals surface area contributed by atoms with Crippen LogP contribution >= 0.6 is 12.4 Å². The number of rotatable bonds is 9. The summed E-state index contributed by atoms with van der Waals surface area (Å²) in [6.07, 6.45) is 7.59. The molecule has 1 aromatic carbocycles. The second kappa shape index (κ2) is 11.4. The van der Waals surface area contributed by atoms with E-state index in [4.69, 9.17) is 0 Å². The van der Waals surface area contributed by atoms with E-state index in [1.807, 2.05) is 6.07 Å². The van der Waals surface area contributed by atoms with Crippen LogP contribution in [-0.2, 0) is 6.42 Å². The lowest BCUT2D eigenvalue weighted by atomic mass is 9.97. The molecule has 0 amide bonds. The summed E-state index contributed by atoms with van der Waals surface area (Å²) < 4.78 is 0. The predicted molar refractivity (Wildman–Crippen MR) is 112 cm³/mol. The molecule has 0 radical (unpaired) electrons. The fourth-order valence-electron chi connectivity index (χ4n) is 3.72. The van der Waals surface area contributed by atoms with Gasteiger partial charge in [0.15, 0.2) is 0 Å². The number of nitrogens with zero attached hydrogens (tertiary/aromatic N) is 2. The Morgan fingerprint density at radius 2 is 1.85 bits per heavy atom. The van der Waals surface area contributed by atoms with Crippen LogP contribution in [0.1, 0.15) is 37.8 Å². The van der Waals surface area contributed by atoms with Crippen LogP contribution in [-0.4, -0.2) is 48.3 Å². The first-order valence-corrected chi connectivity index (χ1v) is 9.80. The van der Waals surface area contributed by atoms with Gasteiger partial charge in [0.1, 0.15) is 0 Å². The number of halogens is 1. The lowest BCUT2D eigenvalue weighted by Crippen LogP contribution is -2.34. The average molecular weight is 377 g/mol. The maximum absolute atomic E-state index is 4.44. The van der Waals surface area contributed by atoms with Crippen LogP contribution in [0.15, 0.2) is 36.4 Å². The monoisotopic (exact) mass is 376 g/mol. The minimum atomic E-state index is 0. The number of hydrogen-bond donors (Lipinski definition) is 2. The smallest absolute Gasteiger partial charge is 0.0923 e. The zero-order valence-corrected chi connectivity index (χ0v) is 16.7. The molecule has 1 saturated heterocycles. The minimum Gasteiger partial charge on any atom is -0.317 e. The molecule has 1 fully saturated rings. The topological polar surface area (TPSA) is 44.0 Å². The SMILES string of the molecule is CN(CCCCCc1cc(-c2ccccc2)n[nH]1)CC1CCNCC1.Cl. The van der Waals surface area contributed by atoms with E-state index in [9.17, 15) is 0 Å². The van der Waals surface area contributed by atoms with Crippen molar-refractivity contribution in [3.05, 3.63) is 42.1 Å². The Kier molecular flexibility index (Phi) is 9.16. The van der Waals surface area contributed by atoms with Gasteiger partial charge in [0, 0.05) is 17.8 Å². The van der Waals surface area contributed by atoms with Gasteiger partial charge in [-0.2, -0.15) is 5.10 Å². The maximum atomic E-state index is 4.44. The van der Waals surface area contributed by atoms with Crippen molar-refractivity contribution >= 4 is 12.4 Å². The van der Waals surface area contributed by atoms with Crippen molar-refractivity contribution < 1.29 is 0 Å². The fraction of sp³-hybridized carbons (Fsp3) is 0.571. The van der Waals surface area contributed by atoms with E-state index in [2.05, 4.69) is 57.8 Å². The molecule has 2 heterocycles. The van der Waals surface area contributed by atoms with Gasteiger partial charge in [0.2, 0.25) is 0 Å². The Labute approximate surface area is 164 Å². The van der Waals surface area contributed by atoms with E-state index >= 15 is 0 Å². The summed E-state index contributed by atoms with van der Waals surface area (Å²) in [5.74, 6) is 0.896. The van der Waals surface area contributed by atoms with Gasteiger partial charge in [-0.3, -0.25) is 5.10 Å². The Bertz CT molecular complexity index is 607. The third-order valence-corrected chi connectivity index (χ3v) is 5.22. The normalized spacial score (nSPS) is 15.2. The lowest BCUT2D eigenvalue weighted by molar-refractivity contribution is 0.236. The highest BCUT2D eigenvalue weighted by molar-refractivity contribution is 5.85. The molecule has 3 rings (SSSR count). The van der Waals surface area contributed by atoms with Crippen LogP contribution in [0.3, 0.4) is 0 Å². The highest BCUT2D eigenvalue weighted by Gasteiger charge is 2.14. The molecule has 2 aromatic rings. The minimum absolute atomic E-state index is 0. The molecule has 0 unspecified atom stereocenters. The highest BCUT2D eigenvalue weighted by Crippen LogP contribution is 2.18. The number of hydrogen-bond acceptors (Lipinski definition) is 3. The van der Waals surface area contributed by atoms with Crippen LogP contribution in [0.25, 0.3) is 11.3 Å². The second-order valence-corrected chi connectivity index (χ2v) is 7.41. The van der Waals surface area contributed by atoms with Crippen LogP contribution in [0.5, 0.6) is 0 Å². The standard InChI is InChI=1S/C21H32N4.ClH/c1-25(17-18-11-13-22-14-12-18)15-7-3-6-10-20-16-21(24-23-20)19-8-4-2-5-9-19;/h2,4-5,8-9,16,18,22H,3,6-7,10-15,17H2,1H3,(H,23,24);1H. The second-order valence-electron chi connectivity index (χ2n) is 7.41. The van der Waals surface area contributed by atoms with E-state index in [-0.39, 0.29) is 12.4 Å². The van der Waals surface area contributed by atoms with Crippen molar-refractivity contribution in [2.45, 2.75) is 38.5 Å². The first-order valence-electron chi connectivity index (χ1n) is 9.80. The van der Waals surface area contributed by atoms with E-state index in [0.717, 1.165) is 18.0 Å². The first-order chi connectivity index (χ1) is 12.3. The number of benzene rings is 1. The molecule has 0 bridgehead atoms. The molecular weight excluding hydrogens is 344 g/mol. The van der Waals surface area contributed by atoms with Crippen LogP contribution < -0.4 is 5.32 Å². The molecule has 0 spiro atoms. The van der Waals surface area contributed by atoms with Gasteiger partial charge >= 0.3 is 0 Å². The number of H-pyrrole nitrogens is 1. The fourth-order valence-corrected chi connectivity index (χ4v) is 3.72. The van der Waals surface area contributed by atoms with Crippen molar-refractivity contribution in [2.75, 3.05) is 33.2 Å². The zero-order valence-electron chi connectivity index (χ0n) is 15.9. The quantitative estimate of drug-likeness (QED) is 0.646. The molecule has 0 aliphatic carbocycles. The molecule has 1 aliphatic heterocycles. The number of piperidine rings is 1. The van der Waals surface area contributed by atoms with E-state index in [1.165, 1.54) is 69.5 Å². The summed E-state index contributed by atoms with van der Waals surface area (Å²) in [4.78, 5) is 2.53. The largest absolute Gasteiger partial charge is 0.317 e. The lowest BCUT2D eigenvalue weighted by Gasteiger charge is -2.27. The molecular formula is C21H33ClN4. The van der Waals surface area contributed by atoms with Gasteiger partial charge in [-0.25, -0.2) is 0 Å². The number of aromatic nitrogens is 2. The molecule has 5 heteroatoms. The van der Waals surface area contributed by atoms with Gasteiger partial charge in [-0.05, 0) is 70.8 Å². The molecule has 26 heavy (non-hydrogen) atoms. The van der Waals surface area contributed by atoms with Crippen LogP contribution in [0, 0.1) is 5.92 Å². The molecule has 144 valence electrons. The van der Waals surface area contributed by atoms with Crippen LogP contribution in [0.4, 0.5) is 0 Å². The van der Waals surface area contributed by atoms with Crippen molar-refractivity contribution in [1.29, 1.82) is 0 Å². The molecule has 1 aliphatic rings. The van der Waals surface area contributed by atoms with E-state index < -0.39 is 0 Å². The molecule has 2 N–H and O–H groups in total. The summed E-state index contributed by atoms with van der Waals surface area (Å²) in [6.45, 7) is 4.89. The Hall–Kier alpha value is -1.36. The number of nitrogens with one attached hydrogen (secondary N) is 2. The summed E-state index contributed by atoms with van der Waals surface area (Å²) in [5.41, 5.74) is 3.49. The molecule has 0 saturated carbocycles. The molecule has 1 aromatic heterocycles. The summed E-state index contributed by atoms with van der Waals surface area (Å²) in [7, 11) is 2.28. The maximum Gasteiger partial charge on any atom is 0.0923 e. The third-order valence-electron chi connectivity index (χ3n) is 5.22. The zero-order chi connectivity index (χ0) is 17.3. The number of aryl methyl sites for hydroxylation is 1. The van der Waals surface area contributed by atoms with Gasteiger partial charge in [-0.1, -0.05) is 36.8 Å². The predicted octanol–water partition coefficient (Wildman–Crippen LogP) is 4.14. The Morgan fingerprint density at radius 1 is 1.08 bits per heavy atom. The van der Waals surface area contributed by atoms with Gasteiger partial charge in [-0.15, -0.1) is 12.4 Å². The summed E-state index contributed by atoms with van der Waals surface area (Å²) in [6, 6.07) is 12.6. The molecule has 0 atom stereocenters. The number of aromatic amines is 1. The van der Waals surface area contributed by atoms with Crippen LogP contribution in [0.2, 0.25) is 0 Å². The van der Waals surface area contributed by atoms with E-state index in [0.29, 0.717) is 0 Å². The van der Waals surface area contributed by atoms with Gasteiger partial charge < -0.3 is 10.2 Å². The summed E-state index contributed by atoms with van der Waals surface area (Å²) >= 11 is 0. The Balaban J connectivity index is 0.00000243. The highest BCUT2D eigenvalue weighted by atomic mass is 35.5.